The molecule has 2 unspecified atom stereocenters. The lowest BCUT2D eigenvalue weighted by Gasteiger charge is -2.32. The molecule has 104 valence electrons. The van der Waals surface area contributed by atoms with Crippen molar-refractivity contribution in [3.8, 4) is 0 Å². The van der Waals surface area contributed by atoms with Gasteiger partial charge in [-0.05, 0) is 12.8 Å². The van der Waals surface area contributed by atoms with Crippen molar-refractivity contribution in [1.82, 2.24) is 4.90 Å². The number of carboxylic acids is 1. The highest BCUT2D eigenvalue weighted by atomic mass is 16.4. The third-order valence-electron chi connectivity index (χ3n) is 3.45. The van der Waals surface area contributed by atoms with E-state index in [1.807, 2.05) is 0 Å². The number of carbonyl (C=O) groups excluding carboxylic acids is 1. The molecule has 1 amide bonds. The maximum atomic E-state index is 12.2. The second-order valence-electron chi connectivity index (χ2n) is 4.61. The lowest BCUT2D eigenvalue weighted by atomic mass is 9.78. The summed E-state index contributed by atoms with van der Waals surface area (Å²) in [4.78, 5) is 24.7. The van der Waals surface area contributed by atoms with Crippen molar-refractivity contribution in [2.24, 2.45) is 11.8 Å². The van der Waals surface area contributed by atoms with Crippen LogP contribution in [0.4, 0.5) is 0 Å². The first-order valence-corrected chi connectivity index (χ1v) is 6.35. The minimum absolute atomic E-state index is 0.141. The number of amides is 1. The highest BCUT2D eigenvalue weighted by molar-refractivity contribution is 5.85. The van der Waals surface area contributed by atoms with Gasteiger partial charge in [0.05, 0.1) is 25.0 Å². The molecule has 1 aliphatic carbocycles. The van der Waals surface area contributed by atoms with Crippen LogP contribution in [0, 0.1) is 11.8 Å². The fraction of sp³-hybridized carbons (Fsp3) is 0.833. The van der Waals surface area contributed by atoms with E-state index >= 15 is 0 Å². The largest absolute Gasteiger partial charge is 0.481 e. The first kappa shape index (κ1) is 14.9. The zero-order valence-corrected chi connectivity index (χ0v) is 10.4. The van der Waals surface area contributed by atoms with E-state index in [2.05, 4.69) is 0 Å². The monoisotopic (exact) mass is 259 g/mol. The van der Waals surface area contributed by atoms with Crippen molar-refractivity contribution in [2.75, 3.05) is 26.3 Å². The predicted octanol–water partition coefficient (Wildman–Crippen LogP) is -0.309. The zero-order chi connectivity index (χ0) is 13.5. The zero-order valence-electron chi connectivity index (χ0n) is 10.4. The van der Waals surface area contributed by atoms with Crippen molar-refractivity contribution in [2.45, 2.75) is 25.7 Å². The van der Waals surface area contributed by atoms with Crippen LogP contribution >= 0.6 is 0 Å². The quantitative estimate of drug-likeness (QED) is 0.608. The van der Waals surface area contributed by atoms with Gasteiger partial charge in [0.25, 0.3) is 0 Å². The summed E-state index contributed by atoms with van der Waals surface area (Å²) in [5.41, 5.74) is 0. The van der Waals surface area contributed by atoms with Crippen molar-refractivity contribution in [3.63, 3.8) is 0 Å². The molecule has 0 saturated heterocycles. The van der Waals surface area contributed by atoms with E-state index in [9.17, 15) is 9.59 Å². The molecule has 0 radical (unpaired) electrons. The van der Waals surface area contributed by atoms with E-state index in [0.717, 1.165) is 12.8 Å². The molecule has 0 aromatic rings. The number of hydrogen-bond donors (Lipinski definition) is 3. The summed E-state index contributed by atoms with van der Waals surface area (Å²) >= 11 is 0. The average Bonchev–Trinajstić information content (AvgIpc) is 2.37. The van der Waals surface area contributed by atoms with Crippen LogP contribution in [-0.2, 0) is 9.59 Å². The molecule has 1 saturated carbocycles. The molecule has 6 nitrogen and oxygen atoms in total. The molecule has 1 aliphatic rings. The second kappa shape index (κ2) is 7.33. The lowest BCUT2D eigenvalue weighted by molar-refractivity contribution is -0.152. The standard InChI is InChI=1S/C12H21NO5/c14-7-5-13(6-8-15)11(16)9-3-1-2-4-10(9)12(17)18/h9-10,14-15H,1-8H2,(H,17,18). The van der Waals surface area contributed by atoms with Crippen LogP contribution in [0.25, 0.3) is 0 Å². The van der Waals surface area contributed by atoms with Gasteiger partial charge in [-0.15, -0.1) is 0 Å². The first-order valence-electron chi connectivity index (χ1n) is 6.35. The van der Waals surface area contributed by atoms with Crippen LogP contribution < -0.4 is 0 Å². The molecule has 0 aromatic heterocycles. The molecule has 1 rings (SSSR count). The van der Waals surface area contributed by atoms with Gasteiger partial charge in [-0.3, -0.25) is 9.59 Å². The van der Waals surface area contributed by atoms with Crippen LogP contribution in [0.5, 0.6) is 0 Å². The van der Waals surface area contributed by atoms with Crippen LogP contribution in [-0.4, -0.2) is 58.4 Å². The van der Waals surface area contributed by atoms with Gasteiger partial charge in [-0.25, -0.2) is 0 Å². The smallest absolute Gasteiger partial charge is 0.307 e. The second-order valence-corrected chi connectivity index (χ2v) is 4.61. The Morgan fingerprint density at radius 1 is 1.00 bits per heavy atom. The summed E-state index contributed by atoms with van der Waals surface area (Å²) in [5, 5.41) is 26.9. The SMILES string of the molecule is O=C(O)C1CCCCC1C(=O)N(CCO)CCO. The third kappa shape index (κ3) is 3.68. The molecule has 18 heavy (non-hydrogen) atoms. The number of nitrogens with zero attached hydrogens (tertiary/aromatic N) is 1. The molecule has 2 atom stereocenters. The number of aliphatic carboxylic acids is 1. The number of carboxylic acid groups (broad SMARTS) is 1. The van der Waals surface area contributed by atoms with Crippen LogP contribution in [0.3, 0.4) is 0 Å². The number of carbonyl (C=O) groups is 2. The van der Waals surface area contributed by atoms with E-state index in [4.69, 9.17) is 15.3 Å². The van der Waals surface area contributed by atoms with Gasteiger partial charge in [0.2, 0.25) is 5.91 Å². The molecule has 0 aliphatic heterocycles. The number of hydrogen-bond acceptors (Lipinski definition) is 4. The molecule has 6 heteroatoms. The van der Waals surface area contributed by atoms with Gasteiger partial charge in [0.1, 0.15) is 0 Å². The molecule has 0 bridgehead atoms. The Hall–Kier alpha value is -1.14. The Kier molecular flexibility index (Phi) is 6.07. The molecule has 3 N–H and O–H groups in total. The number of rotatable bonds is 6. The van der Waals surface area contributed by atoms with Gasteiger partial charge in [-0.1, -0.05) is 12.8 Å². The molecule has 1 fully saturated rings. The molecule has 0 heterocycles. The van der Waals surface area contributed by atoms with E-state index < -0.39 is 17.8 Å². The number of aliphatic hydroxyl groups is 2. The first-order chi connectivity index (χ1) is 8.61. The Bertz CT molecular complexity index is 288. The van der Waals surface area contributed by atoms with Gasteiger partial charge < -0.3 is 20.2 Å². The van der Waals surface area contributed by atoms with Crippen molar-refractivity contribution in [1.29, 1.82) is 0 Å². The minimum atomic E-state index is -0.930. The van der Waals surface area contributed by atoms with E-state index in [1.54, 1.807) is 0 Å². The third-order valence-corrected chi connectivity index (χ3v) is 3.45. The van der Waals surface area contributed by atoms with Crippen LogP contribution in [0.2, 0.25) is 0 Å². The Morgan fingerprint density at radius 2 is 1.50 bits per heavy atom. The van der Waals surface area contributed by atoms with Crippen LogP contribution in [0.1, 0.15) is 25.7 Å². The normalized spacial score (nSPS) is 23.7. The fourth-order valence-electron chi connectivity index (χ4n) is 2.53. The Balaban J connectivity index is 2.73. The molecule has 0 spiro atoms. The molecular formula is C12H21NO5. The van der Waals surface area contributed by atoms with Gasteiger partial charge in [-0.2, -0.15) is 0 Å². The summed E-state index contributed by atoms with van der Waals surface area (Å²) in [6.07, 6.45) is 2.79. The van der Waals surface area contributed by atoms with E-state index in [-0.39, 0.29) is 32.2 Å². The summed E-state index contributed by atoms with van der Waals surface area (Å²) in [5.74, 6) is -2.34. The number of aliphatic hydroxyl groups excluding tert-OH is 2. The van der Waals surface area contributed by atoms with Crippen molar-refractivity contribution < 1.29 is 24.9 Å². The van der Waals surface area contributed by atoms with Gasteiger partial charge in [0.15, 0.2) is 0 Å². The minimum Gasteiger partial charge on any atom is -0.481 e. The van der Waals surface area contributed by atoms with Crippen molar-refractivity contribution in [3.05, 3.63) is 0 Å². The summed E-state index contributed by atoms with van der Waals surface area (Å²) in [7, 11) is 0. The maximum Gasteiger partial charge on any atom is 0.307 e. The summed E-state index contributed by atoms with van der Waals surface area (Å²) in [6.45, 7) is -0.0864. The van der Waals surface area contributed by atoms with Gasteiger partial charge >= 0.3 is 5.97 Å². The van der Waals surface area contributed by atoms with Crippen molar-refractivity contribution >= 4 is 11.9 Å². The highest BCUT2D eigenvalue weighted by Crippen LogP contribution is 2.31. The summed E-state index contributed by atoms with van der Waals surface area (Å²) in [6, 6.07) is 0. The van der Waals surface area contributed by atoms with Crippen LogP contribution in [0.15, 0.2) is 0 Å². The molecular weight excluding hydrogens is 238 g/mol. The maximum absolute atomic E-state index is 12.2. The Morgan fingerprint density at radius 3 is 1.94 bits per heavy atom. The lowest BCUT2D eigenvalue weighted by Crippen LogP contribution is -2.44. The highest BCUT2D eigenvalue weighted by Gasteiger charge is 2.37. The predicted molar refractivity (Wildman–Crippen MR) is 63.8 cm³/mol. The van der Waals surface area contributed by atoms with E-state index in [1.165, 1.54) is 4.90 Å². The van der Waals surface area contributed by atoms with E-state index in [0.29, 0.717) is 12.8 Å². The van der Waals surface area contributed by atoms with Gasteiger partial charge in [0, 0.05) is 13.1 Å². The molecule has 0 aromatic carbocycles. The topological polar surface area (TPSA) is 98.1 Å². The fourth-order valence-corrected chi connectivity index (χ4v) is 2.53. The average molecular weight is 259 g/mol. The Labute approximate surface area is 106 Å². The summed E-state index contributed by atoms with van der Waals surface area (Å²) < 4.78 is 0.